The highest BCUT2D eigenvalue weighted by molar-refractivity contribution is 9.10. The number of aromatic nitrogens is 4. The van der Waals surface area contributed by atoms with Crippen LogP contribution in [0, 0.1) is 0 Å². The fraction of sp³-hybridized carbons (Fsp3) is 0. The van der Waals surface area contributed by atoms with E-state index >= 15 is 0 Å². The van der Waals surface area contributed by atoms with E-state index < -0.39 is 0 Å². The molecule has 0 aliphatic rings. The fourth-order valence-corrected chi connectivity index (χ4v) is 2.52. The first-order valence-corrected chi connectivity index (χ1v) is 7.06. The van der Waals surface area contributed by atoms with Crippen molar-refractivity contribution in [1.82, 2.24) is 19.6 Å². The Bertz CT molecular complexity index is 922. The number of rotatable bonds is 2. The number of nitrogens with zero attached hydrogens (tertiary/aromatic N) is 3. The quantitative estimate of drug-likeness (QED) is 0.584. The molecule has 104 valence electrons. The van der Waals surface area contributed by atoms with Gasteiger partial charge >= 0.3 is 0 Å². The minimum atomic E-state index is 0.496. The predicted octanol–water partition coefficient (Wildman–Crippen LogP) is 3.33. The van der Waals surface area contributed by atoms with Gasteiger partial charge in [-0.1, -0.05) is 0 Å². The molecule has 0 aliphatic carbocycles. The molecule has 4 aromatic rings. The van der Waals surface area contributed by atoms with E-state index in [4.69, 9.17) is 10.2 Å². The highest BCUT2D eigenvalue weighted by Crippen LogP contribution is 2.26. The number of hydrogen-bond donors (Lipinski definition) is 2. The molecule has 4 heterocycles. The van der Waals surface area contributed by atoms with Crippen molar-refractivity contribution >= 4 is 27.4 Å². The van der Waals surface area contributed by atoms with Gasteiger partial charge in [-0.15, -0.1) is 5.10 Å². The molecule has 0 bridgehead atoms. The highest BCUT2D eigenvalue weighted by Gasteiger charge is 2.13. The van der Waals surface area contributed by atoms with Crippen molar-refractivity contribution in [3.8, 4) is 22.8 Å². The molecule has 3 N–H and O–H groups in total. The molecule has 4 aromatic heterocycles. The largest absolute Gasteiger partial charge is 0.446 e. The third-order valence-corrected chi connectivity index (χ3v) is 3.59. The molecule has 0 atom stereocenters. The Labute approximate surface area is 127 Å². The number of pyridine rings is 1. The van der Waals surface area contributed by atoms with Crippen LogP contribution in [-0.4, -0.2) is 19.6 Å². The van der Waals surface area contributed by atoms with Crippen LogP contribution in [0.5, 0.6) is 0 Å². The molecular weight excluding hydrogens is 334 g/mol. The molecule has 0 aliphatic heterocycles. The molecule has 0 radical (unpaired) electrons. The number of anilines is 1. The Morgan fingerprint density at radius 2 is 2.14 bits per heavy atom. The van der Waals surface area contributed by atoms with Gasteiger partial charge in [-0.05, 0) is 52.3 Å². The number of nitrogen functional groups attached to an aromatic ring is 1. The molecule has 6 nitrogen and oxygen atoms in total. The SMILES string of the molecule is Nc1cc(-c2ccc[nH]2)cc2nc(-c3ccc(Br)o3)nn12. The molecule has 21 heavy (non-hydrogen) atoms. The number of H-pyrrole nitrogens is 1. The third-order valence-electron chi connectivity index (χ3n) is 3.17. The summed E-state index contributed by atoms with van der Waals surface area (Å²) in [5.74, 6) is 1.60. The lowest BCUT2D eigenvalue weighted by molar-refractivity contribution is 0.551. The van der Waals surface area contributed by atoms with E-state index in [1.165, 1.54) is 0 Å². The average molecular weight is 344 g/mol. The Kier molecular flexibility index (Phi) is 2.61. The molecule has 0 aromatic carbocycles. The lowest BCUT2D eigenvalue weighted by atomic mass is 10.2. The van der Waals surface area contributed by atoms with Crippen LogP contribution in [0.15, 0.2) is 51.7 Å². The van der Waals surface area contributed by atoms with Crippen molar-refractivity contribution in [2.45, 2.75) is 0 Å². The first-order chi connectivity index (χ1) is 10.2. The first-order valence-electron chi connectivity index (χ1n) is 6.26. The number of nitrogens with two attached hydrogens (primary N) is 1. The van der Waals surface area contributed by atoms with Gasteiger partial charge in [0.25, 0.3) is 0 Å². The van der Waals surface area contributed by atoms with Gasteiger partial charge in [0, 0.05) is 17.5 Å². The number of aromatic amines is 1. The van der Waals surface area contributed by atoms with Gasteiger partial charge in [-0.2, -0.15) is 4.52 Å². The van der Waals surface area contributed by atoms with Gasteiger partial charge in [0.2, 0.25) is 5.82 Å². The van der Waals surface area contributed by atoms with Crippen molar-refractivity contribution in [2.24, 2.45) is 0 Å². The first kappa shape index (κ1) is 12.2. The van der Waals surface area contributed by atoms with E-state index in [0.717, 1.165) is 11.3 Å². The van der Waals surface area contributed by atoms with Gasteiger partial charge in [-0.3, -0.25) is 0 Å². The van der Waals surface area contributed by atoms with Crippen LogP contribution in [0.2, 0.25) is 0 Å². The molecule has 0 unspecified atom stereocenters. The van der Waals surface area contributed by atoms with Crippen LogP contribution < -0.4 is 5.73 Å². The second-order valence-corrected chi connectivity index (χ2v) is 5.34. The lowest BCUT2D eigenvalue weighted by Crippen LogP contribution is -1.99. The molecule has 0 saturated carbocycles. The summed E-state index contributed by atoms with van der Waals surface area (Å²) in [6, 6.07) is 11.3. The van der Waals surface area contributed by atoms with Crippen LogP contribution in [0.1, 0.15) is 0 Å². The zero-order valence-corrected chi connectivity index (χ0v) is 12.3. The monoisotopic (exact) mass is 343 g/mol. The minimum absolute atomic E-state index is 0.496. The van der Waals surface area contributed by atoms with E-state index in [9.17, 15) is 0 Å². The van der Waals surface area contributed by atoms with Crippen molar-refractivity contribution in [1.29, 1.82) is 0 Å². The van der Waals surface area contributed by atoms with Gasteiger partial charge in [0.05, 0.1) is 0 Å². The number of furan rings is 1. The maximum absolute atomic E-state index is 6.07. The predicted molar refractivity (Wildman–Crippen MR) is 82.6 cm³/mol. The van der Waals surface area contributed by atoms with Crippen molar-refractivity contribution < 1.29 is 4.42 Å². The lowest BCUT2D eigenvalue weighted by Gasteiger charge is -2.02. The molecule has 0 amide bonds. The summed E-state index contributed by atoms with van der Waals surface area (Å²) in [6.45, 7) is 0. The molecule has 4 rings (SSSR count). The van der Waals surface area contributed by atoms with Gasteiger partial charge in [0.15, 0.2) is 16.1 Å². The smallest absolute Gasteiger partial charge is 0.218 e. The Hall–Kier alpha value is -2.54. The second kappa shape index (κ2) is 4.49. The van der Waals surface area contributed by atoms with Gasteiger partial charge in [-0.25, -0.2) is 4.98 Å². The van der Waals surface area contributed by atoms with Crippen LogP contribution in [0.25, 0.3) is 28.5 Å². The Morgan fingerprint density at radius 3 is 2.86 bits per heavy atom. The molecule has 0 spiro atoms. The molecule has 0 saturated heterocycles. The Morgan fingerprint density at radius 1 is 1.24 bits per heavy atom. The zero-order chi connectivity index (χ0) is 14.4. The van der Waals surface area contributed by atoms with Crippen molar-refractivity contribution in [2.75, 3.05) is 5.73 Å². The van der Waals surface area contributed by atoms with E-state index in [2.05, 4.69) is 31.0 Å². The fourth-order valence-electron chi connectivity index (χ4n) is 2.21. The minimum Gasteiger partial charge on any atom is -0.446 e. The van der Waals surface area contributed by atoms with Crippen LogP contribution in [0.4, 0.5) is 5.82 Å². The summed E-state index contributed by atoms with van der Waals surface area (Å²) in [4.78, 5) is 7.62. The Balaban J connectivity index is 1.89. The number of fused-ring (bicyclic) bond motifs is 1. The average Bonchev–Trinajstić information content (AvgIpc) is 3.17. The van der Waals surface area contributed by atoms with Crippen LogP contribution in [-0.2, 0) is 0 Å². The van der Waals surface area contributed by atoms with E-state index in [-0.39, 0.29) is 0 Å². The number of nitrogens with one attached hydrogen (secondary N) is 1. The number of halogens is 1. The maximum atomic E-state index is 6.07. The summed E-state index contributed by atoms with van der Waals surface area (Å²) in [6.07, 6.45) is 1.87. The summed E-state index contributed by atoms with van der Waals surface area (Å²) in [7, 11) is 0. The van der Waals surface area contributed by atoms with E-state index in [0.29, 0.717) is 27.7 Å². The third kappa shape index (κ3) is 2.02. The standard InChI is InChI=1S/C14H10BrN5O/c15-11-4-3-10(21-11)14-18-13-7-8(9-2-1-5-17-9)6-12(16)20(13)19-14/h1-7,17H,16H2. The van der Waals surface area contributed by atoms with Crippen LogP contribution >= 0.6 is 15.9 Å². The summed E-state index contributed by atoms with van der Waals surface area (Å²) >= 11 is 3.27. The topological polar surface area (TPSA) is 85.1 Å². The maximum Gasteiger partial charge on any atom is 0.218 e. The van der Waals surface area contributed by atoms with Crippen molar-refractivity contribution in [3.05, 3.63) is 47.3 Å². The van der Waals surface area contributed by atoms with Gasteiger partial charge in [0.1, 0.15) is 5.82 Å². The normalized spacial score (nSPS) is 11.3. The zero-order valence-electron chi connectivity index (χ0n) is 10.7. The molecular formula is C14H10BrN5O. The van der Waals surface area contributed by atoms with Crippen LogP contribution in [0.3, 0.4) is 0 Å². The molecule has 7 heteroatoms. The van der Waals surface area contributed by atoms with E-state index in [1.807, 2.05) is 30.5 Å². The van der Waals surface area contributed by atoms with E-state index in [1.54, 1.807) is 16.6 Å². The highest BCUT2D eigenvalue weighted by atomic mass is 79.9. The van der Waals surface area contributed by atoms with Crippen molar-refractivity contribution in [3.63, 3.8) is 0 Å². The van der Waals surface area contributed by atoms with Gasteiger partial charge < -0.3 is 15.1 Å². The molecule has 0 fully saturated rings. The second-order valence-electron chi connectivity index (χ2n) is 4.56. The summed E-state index contributed by atoms with van der Waals surface area (Å²) in [5.41, 5.74) is 8.68. The summed E-state index contributed by atoms with van der Waals surface area (Å²) < 4.78 is 7.70. The summed E-state index contributed by atoms with van der Waals surface area (Å²) in [5, 5.41) is 4.37. The number of hydrogen-bond acceptors (Lipinski definition) is 4.